The number of anilines is 1. The van der Waals surface area contributed by atoms with Crippen LogP contribution in [0.25, 0.3) is 0 Å². The maximum absolute atomic E-state index is 12.4. The lowest BCUT2D eigenvalue weighted by Gasteiger charge is -2.09. The summed E-state index contributed by atoms with van der Waals surface area (Å²) in [4.78, 5) is 0.697. The highest BCUT2D eigenvalue weighted by atomic mass is 32.2. The Morgan fingerprint density at radius 3 is 2.68 bits per heavy atom. The van der Waals surface area contributed by atoms with Gasteiger partial charge in [0, 0.05) is 0 Å². The Balaban J connectivity index is 2.23. The molecule has 0 heterocycles. The molecule has 0 aromatic heterocycles. The predicted octanol–water partition coefficient (Wildman–Crippen LogP) is 2.89. The lowest BCUT2D eigenvalue weighted by Crippen LogP contribution is -2.02. The van der Waals surface area contributed by atoms with E-state index < -0.39 is 10.8 Å². The number of rotatable bonds is 4. The number of hydrogen-bond acceptors (Lipinski definition) is 3. The van der Waals surface area contributed by atoms with E-state index in [0.717, 1.165) is 16.9 Å². The van der Waals surface area contributed by atoms with Crippen LogP contribution in [-0.2, 0) is 16.6 Å². The van der Waals surface area contributed by atoms with E-state index in [1.54, 1.807) is 7.11 Å². The number of nitrogens with two attached hydrogens (primary N) is 1. The Labute approximate surface area is 115 Å². The second-order valence-corrected chi connectivity index (χ2v) is 5.75. The van der Waals surface area contributed by atoms with Crippen molar-refractivity contribution in [1.82, 2.24) is 0 Å². The molecular formula is C15H17NO2S. The van der Waals surface area contributed by atoms with Crippen LogP contribution < -0.4 is 10.5 Å². The molecule has 3 nitrogen and oxygen atoms in total. The molecule has 0 saturated carbocycles. The molecule has 0 spiro atoms. The largest absolute Gasteiger partial charge is 0.497 e. The Hall–Kier alpha value is -1.81. The minimum absolute atomic E-state index is 0.435. The second-order valence-electron chi connectivity index (χ2n) is 4.33. The Kier molecular flexibility index (Phi) is 4.22. The normalized spacial score (nSPS) is 12.1. The molecule has 0 aliphatic carbocycles. The summed E-state index contributed by atoms with van der Waals surface area (Å²) in [7, 11) is 0.473. The van der Waals surface area contributed by atoms with Gasteiger partial charge in [0.2, 0.25) is 0 Å². The zero-order valence-electron chi connectivity index (χ0n) is 11.1. The monoisotopic (exact) mass is 275 g/mol. The van der Waals surface area contributed by atoms with Gasteiger partial charge < -0.3 is 10.5 Å². The van der Waals surface area contributed by atoms with Crippen LogP contribution in [0.3, 0.4) is 0 Å². The first-order chi connectivity index (χ1) is 9.11. The molecule has 0 radical (unpaired) electrons. The van der Waals surface area contributed by atoms with Crippen molar-refractivity contribution in [3.8, 4) is 5.75 Å². The molecule has 19 heavy (non-hydrogen) atoms. The van der Waals surface area contributed by atoms with E-state index >= 15 is 0 Å². The van der Waals surface area contributed by atoms with Gasteiger partial charge in [0.15, 0.2) is 0 Å². The fourth-order valence-electron chi connectivity index (χ4n) is 1.84. The highest BCUT2D eigenvalue weighted by Gasteiger charge is 2.10. The molecule has 0 amide bonds. The van der Waals surface area contributed by atoms with Crippen molar-refractivity contribution in [3.05, 3.63) is 53.6 Å². The zero-order chi connectivity index (χ0) is 13.8. The highest BCUT2D eigenvalue weighted by molar-refractivity contribution is 7.84. The molecule has 2 rings (SSSR count). The van der Waals surface area contributed by atoms with Gasteiger partial charge in [0.05, 0.1) is 34.2 Å². The SMILES string of the molecule is COc1cccc(CS(=O)c2cccc(C)c2N)c1. The Morgan fingerprint density at radius 1 is 1.21 bits per heavy atom. The van der Waals surface area contributed by atoms with Gasteiger partial charge in [-0.25, -0.2) is 0 Å². The van der Waals surface area contributed by atoms with Gasteiger partial charge >= 0.3 is 0 Å². The molecular weight excluding hydrogens is 258 g/mol. The predicted molar refractivity (Wildman–Crippen MR) is 78.7 cm³/mol. The third-order valence-corrected chi connectivity index (χ3v) is 4.40. The van der Waals surface area contributed by atoms with Crippen molar-refractivity contribution < 1.29 is 8.95 Å². The van der Waals surface area contributed by atoms with Crippen molar-refractivity contribution in [2.45, 2.75) is 17.6 Å². The number of hydrogen-bond donors (Lipinski definition) is 1. The van der Waals surface area contributed by atoms with Gasteiger partial charge in [0.1, 0.15) is 5.75 Å². The van der Waals surface area contributed by atoms with Gasteiger partial charge in [-0.05, 0) is 36.2 Å². The minimum atomic E-state index is -1.15. The topological polar surface area (TPSA) is 52.3 Å². The lowest BCUT2D eigenvalue weighted by molar-refractivity contribution is 0.414. The average Bonchev–Trinajstić information content (AvgIpc) is 2.42. The van der Waals surface area contributed by atoms with Gasteiger partial charge in [0.25, 0.3) is 0 Å². The highest BCUT2D eigenvalue weighted by Crippen LogP contribution is 2.23. The smallest absolute Gasteiger partial charge is 0.119 e. The molecule has 100 valence electrons. The molecule has 2 aromatic rings. The van der Waals surface area contributed by atoms with Gasteiger partial charge in [-0.15, -0.1) is 0 Å². The number of nitrogen functional groups attached to an aromatic ring is 1. The first-order valence-corrected chi connectivity index (χ1v) is 7.30. The van der Waals surface area contributed by atoms with E-state index in [-0.39, 0.29) is 0 Å². The van der Waals surface area contributed by atoms with Crippen molar-refractivity contribution in [2.24, 2.45) is 0 Å². The van der Waals surface area contributed by atoms with Crippen LogP contribution in [0.15, 0.2) is 47.4 Å². The van der Waals surface area contributed by atoms with Crippen molar-refractivity contribution in [2.75, 3.05) is 12.8 Å². The maximum atomic E-state index is 12.4. The van der Waals surface area contributed by atoms with Crippen molar-refractivity contribution in [3.63, 3.8) is 0 Å². The summed E-state index contributed by atoms with van der Waals surface area (Å²) in [6.45, 7) is 1.92. The summed E-state index contributed by atoms with van der Waals surface area (Å²) in [6.07, 6.45) is 0. The van der Waals surface area contributed by atoms with Crippen LogP contribution in [0.2, 0.25) is 0 Å². The molecule has 2 aromatic carbocycles. The molecule has 0 fully saturated rings. The molecule has 2 N–H and O–H groups in total. The van der Waals surface area contributed by atoms with Gasteiger partial charge in [-0.3, -0.25) is 4.21 Å². The molecule has 0 bridgehead atoms. The van der Waals surface area contributed by atoms with Gasteiger partial charge in [-0.2, -0.15) is 0 Å². The van der Waals surface area contributed by atoms with E-state index in [0.29, 0.717) is 16.3 Å². The maximum Gasteiger partial charge on any atom is 0.119 e. The van der Waals surface area contributed by atoms with Crippen LogP contribution in [0.4, 0.5) is 5.69 Å². The molecule has 1 atom stereocenters. The third-order valence-electron chi connectivity index (χ3n) is 2.96. The third kappa shape index (κ3) is 3.15. The molecule has 0 saturated heterocycles. The molecule has 0 aliphatic rings. The van der Waals surface area contributed by atoms with E-state index in [2.05, 4.69) is 0 Å². The summed E-state index contributed by atoms with van der Waals surface area (Å²) in [5.74, 6) is 1.21. The first kappa shape index (κ1) is 13.6. The fourth-order valence-corrected chi connectivity index (χ4v) is 3.12. The van der Waals surface area contributed by atoms with Crippen LogP contribution in [0.5, 0.6) is 5.75 Å². The number of ether oxygens (including phenoxy) is 1. The quantitative estimate of drug-likeness (QED) is 0.873. The van der Waals surface area contributed by atoms with Crippen LogP contribution >= 0.6 is 0 Å². The number of para-hydroxylation sites is 1. The summed E-state index contributed by atoms with van der Waals surface area (Å²) >= 11 is 0. The first-order valence-electron chi connectivity index (χ1n) is 5.98. The van der Waals surface area contributed by atoms with E-state index in [4.69, 9.17) is 10.5 Å². The van der Waals surface area contributed by atoms with E-state index in [1.165, 1.54) is 0 Å². The number of methoxy groups -OCH3 is 1. The van der Waals surface area contributed by atoms with Crippen molar-refractivity contribution in [1.29, 1.82) is 0 Å². The number of aryl methyl sites for hydroxylation is 1. The summed E-state index contributed by atoms with van der Waals surface area (Å²) < 4.78 is 17.5. The van der Waals surface area contributed by atoms with E-state index in [1.807, 2.05) is 49.4 Å². The molecule has 0 aliphatic heterocycles. The van der Waals surface area contributed by atoms with E-state index in [9.17, 15) is 4.21 Å². The summed E-state index contributed by atoms with van der Waals surface area (Å²) in [5, 5.41) is 0. The second kappa shape index (κ2) is 5.89. The number of benzene rings is 2. The fraction of sp³-hybridized carbons (Fsp3) is 0.200. The summed E-state index contributed by atoms with van der Waals surface area (Å²) in [6, 6.07) is 13.2. The van der Waals surface area contributed by atoms with Crippen LogP contribution in [-0.4, -0.2) is 11.3 Å². The Bertz CT molecular complexity index is 611. The average molecular weight is 275 g/mol. The summed E-state index contributed by atoms with van der Waals surface area (Å²) in [5.41, 5.74) is 8.52. The van der Waals surface area contributed by atoms with Crippen LogP contribution in [0, 0.1) is 6.92 Å². The standard InChI is InChI=1S/C15H17NO2S/c1-11-5-3-8-14(15(11)16)19(17)10-12-6-4-7-13(9-12)18-2/h3-9H,10,16H2,1-2H3. The molecule has 1 unspecified atom stereocenters. The van der Waals surface area contributed by atoms with Crippen LogP contribution in [0.1, 0.15) is 11.1 Å². The lowest BCUT2D eigenvalue weighted by atomic mass is 10.2. The Morgan fingerprint density at radius 2 is 1.95 bits per heavy atom. The zero-order valence-corrected chi connectivity index (χ0v) is 11.9. The van der Waals surface area contributed by atoms with Crippen molar-refractivity contribution >= 4 is 16.5 Å². The minimum Gasteiger partial charge on any atom is -0.497 e. The molecule has 4 heteroatoms. The van der Waals surface area contributed by atoms with Gasteiger partial charge in [-0.1, -0.05) is 24.3 Å².